The van der Waals surface area contributed by atoms with Gasteiger partial charge in [-0.1, -0.05) is 36.9 Å². The zero-order chi connectivity index (χ0) is 17.4. The minimum Gasteiger partial charge on any atom is -1.00 e. The van der Waals surface area contributed by atoms with E-state index in [4.69, 9.17) is 13.3 Å². The number of hydrogen-bond donors (Lipinski definition) is 0. The fourth-order valence-corrected chi connectivity index (χ4v) is 4.37. The summed E-state index contributed by atoms with van der Waals surface area (Å²) >= 11 is 0. The number of benzene rings is 1. The van der Waals surface area contributed by atoms with Crippen LogP contribution < -0.4 is 17.0 Å². The van der Waals surface area contributed by atoms with Crippen LogP contribution in [-0.4, -0.2) is 34.7 Å². The fraction of sp³-hybridized carbons (Fsp3) is 0.389. The molecular weight excluding hydrogens is 356 g/mol. The van der Waals surface area contributed by atoms with E-state index < -0.39 is 8.80 Å². The molecule has 1 aromatic carbocycles. The highest BCUT2D eigenvalue weighted by molar-refractivity contribution is 6.60. The number of halogens is 1. The molecule has 0 fully saturated rings. The fourth-order valence-electron chi connectivity index (χ4n) is 2.67. The van der Waals surface area contributed by atoms with Crippen molar-refractivity contribution in [3.8, 4) is 0 Å². The van der Waals surface area contributed by atoms with Crippen molar-refractivity contribution in [3.63, 3.8) is 0 Å². The Bertz CT molecular complexity index is 634. The average molecular weight is 383 g/mol. The summed E-state index contributed by atoms with van der Waals surface area (Å²) in [6.45, 7) is 5.55. The lowest BCUT2D eigenvalue weighted by Gasteiger charge is -2.23. The highest BCUT2D eigenvalue weighted by atomic mass is 35.5. The van der Waals surface area contributed by atoms with Gasteiger partial charge in [0.15, 0.2) is 0 Å². The van der Waals surface area contributed by atoms with Gasteiger partial charge in [-0.2, -0.15) is 0 Å². The lowest BCUT2D eigenvalue weighted by molar-refractivity contribution is -0.687. The molecule has 0 atom stereocenters. The molecule has 25 heavy (non-hydrogen) atoms. The molecule has 0 unspecified atom stereocenters. The number of nitrogens with zero attached hydrogens (tertiary/aromatic N) is 2. The zero-order valence-electron chi connectivity index (χ0n) is 15.2. The maximum Gasteiger partial charge on any atom is 0.500 e. The van der Waals surface area contributed by atoms with Crippen molar-refractivity contribution < 1.29 is 30.3 Å². The van der Waals surface area contributed by atoms with Crippen molar-refractivity contribution in [3.05, 3.63) is 60.7 Å². The molecular formula is C18H27ClN2O3Si. The molecule has 0 aliphatic heterocycles. The third kappa shape index (κ3) is 6.09. The molecule has 0 aliphatic rings. The van der Waals surface area contributed by atoms with Crippen LogP contribution in [0.15, 0.2) is 49.6 Å². The maximum absolute atomic E-state index is 5.45. The first kappa shape index (κ1) is 21.6. The molecule has 0 saturated carbocycles. The van der Waals surface area contributed by atoms with Crippen LogP contribution in [0, 0.1) is 0 Å². The Morgan fingerprint density at radius 3 is 2.32 bits per heavy atom. The van der Waals surface area contributed by atoms with Crippen LogP contribution in [0.5, 0.6) is 0 Å². The normalized spacial score (nSPS) is 11.2. The number of aryl methyl sites for hydroxylation is 1. The van der Waals surface area contributed by atoms with Crippen LogP contribution in [-0.2, 0) is 26.4 Å². The zero-order valence-corrected chi connectivity index (χ0v) is 16.9. The van der Waals surface area contributed by atoms with Crippen LogP contribution in [0.25, 0.3) is 6.08 Å². The summed E-state index contributed by atoms with van der Waals surface area (Å²) < 4.78 is 20.7. The molecule has 0 saturated heterocycles. The van der Waals surface area contributed by atoms with E-state index in [-0.39, 0.29) is 12.4 Å². The molecule has 7 heteroatoms. The second-order valence-electron chi connectivity index (χ2n) is 5.67. The molecule has 138 valence electrons. The molecule has 2 aromatic rings. The Morgan fingerprint density at radius 1 is 1.12 bits per heavy atom. The summed E-state index contributed by atoms with van der Waals surface area (Å²) in [5.74, 6) is 0. The van der Waals surface area contributed by atoms with Crippen molar-refractivity contribution in [1.82, 2.24) is 4.57 Å². The van der Waals surface area contributed by atoms with Gasteiger partial charge in [0.05, 0.1) is 6.54 Å². The van der Waals surface area contributed by atoms with Crippen molar-refractivity contribution >= 4 is 14.9 Å². The molecule has 2 rings (SSSR count). The largest absolute Gasteiger partial charge is 1.00 e. The third-order valence-corrected chi connectivity index (χ3v) is 6.99. The van der Waals surface area contributed by atoms with Gasteiger partial charge in [-0.15, -0.1) is 0 Å². The monoisotopic (exact) mass is 382 g/mol. The maximum atomic E-state index is 5.45. The molecule has 0 aliphatic carbocycles. The van der Waals surface area contributed by atoms with Gasteiger partial charge < -0.3 is 25.7 Å². The molecule has 0 spiro atoms. The smallest absolute Gasteiger partial charge is 0.500 e. The molecule has 0 bridgehead atoms. The van der Waals surface area contributed by atoms with E-state index in [1.165, 1.54) is 5.56 Å². The van der Waals surface area contributed by atoms with Crippen LogP contribution >= 0.6 is 0 Å². The molecule has 5 nitrogen and oxygen atoms in total. The molecule has 1 heterocycles. The number of hydrogen-bond acceptors (Lipinski definition) is 3. The summed E-state index contributed by atoms with van der Waals surface area (Å²) in [5, 5.41) is 0. The minimum absolute atomic E-state index is 0. The van der Waals surface area contributed by atoms with Crippen LogP contribution in [0.1, 0.15) is 17.5 Å². The van der Waals surface area contributed by atoms with Crippen LogP contribution in [0.3, 0.4) is 0 Å². The number of rotatable bonds is 10. The average Bonchev–Trinajstić information content (AvgIpc) is 3.07. The number of imidazole rings is 1. The van der Waals surface area contributed by atoms with Gasteiger partial charge in [0, 0.05) is 27.4 Å². The predicted octanol–water partition coefficient (Wildman–Crippen LogP) is -0.261. The lowest BCUT2D eigenvalue weighted by Crippen LogP contribution is -3.00. The van der Waals surface area contributed by atoms with E-state index in [2.05, 4.69) is 58.7 Å². The Labute approximate surface area is 157 Å². The van der Waals surface area contributed by atoms with Crippen molar-refractivity contribution in [2.45, 2.75) is 25.6 Å². The summed E-state index contributed by atoms with van der Waals surface area (Å²) in [6, 6.07) is 9.25. The van der Waals surface area contributed by atoms with Gasteiger partial charge in [0.1, 0.15) is 18.9 Å². The van der Waals surface area contributed by atoms with E-state index in [0.29, 0.717) is 0 Å². The Balaban J connectivity index is 0.00000312. The molecule has 1 aromatic heterocycles. The highest BCUT2D eigenvalue weighted by Gasteiger charge is 2.37. The summed E-state index contributed by atoms with van der Waals surface area (Å²) in [6.07, 6.45) is 9.11. The van der Waals surface area contributed by atoms with Crippen molar-refractivity contribution in [2.75, 3.05) is 21.3 Å². The second-order valence-corrected chi connectivity index (χ2v) is 8.76. The van der Waals surface area contributed by atoms with E-state index in [1.54, 1.807) is 21.3 Å². The summed E-state index contributed by atoms with van der Waals surface area (Å²) in [7, 11) is 2.50. The number of aromatic nitrogens is 2. The first-order chi connectivity index (χ1) is 11.6. The van der Waals surface area contributed by atoms with Gasteiger partial charge in [-0.25, -0.2) is 9.13 Å². The highest BCUT2D eigenvalue weighted by Crippen LogP contribution is 2.15. The SMILES string of the molecule is C=Cc1ccc(C[n+]2ccn(CCC[Si](OC)(OC)OC)c2)cc1.[Cl-]. The van der Waals surface area contributed by atoms with Crippen LogP contribution in [0.2, 0.25) is 6.04 Å². The van der Waals surface area contributed by atoms with Crippen LogP contribution in [0.4, 0.5) is 0 Å². The third-order valence-electron chi connectivity index (χ3n) is 4.16. The van der Waals surface area contributed by atoms with Crippen molar-refractivity contribution in [2.24, 2.45) is 0 Å². The van der Waals surface area contributed by atoms with Gasteiger partial charge in [0.25, 0.3) is 0 Å². The lowest BCUT2D eigenvalue weighted by atomic mass is 10.1. The van der Waals surface area contributed by atoms with Gasteiger partial charge in [0.2, 0.25) is 6.33 Å². The summed E-state index contributed by atoms with van der Waals surface area (Å²) in [4.78, 5) is 0. The van der Waals surface area contributed by atoms with E-state index in [0.717, 1.165) is 31.1 Å². The first-order valence-corrected chi connectivity index (χ1v) is 9.99. The molecule has 0 N–H and O–H groups in total. The predicted molar refractivity (Wildman–Crippen MR) is 96.5 cm³/mol. The standard InChI is InChI=1S/C18H27N2O3Si.ClH/c1-5-17-7-9-18(10-8-17)15-20-13-12-19(16-20)11-6-14-24(21-2,22-3)23-4;/h5,7-10,12-13,16H,1,6,11,14-15H2,2-4H3;1H/q+1;/p-1. The first-order valence-electron chi connectivity index (χ1n) is 8.06. The van der Waals surface area contributed by atoms with Gasteiger partial charge in [-0.05, 0) is 17.5 Å². The van der Waals surface area contributed by atoms with E-state index in [9.17, 15) is 0 Å². The molecule has 0 amide bonds. The summed E-state index contributed by atoms with van der Waals surface area (Å²) in [5.41, 5.74) is 2.41. The Morgan fingerprint density at radius 2 is 1.76 bits per heavy atom. The van der Waals surface area contributed by atoms with Gasteiger partial charge in [-0.3, -0.25) is 0 Å². The quantitative estimate of drug-likeness (QED) is 0.419. The van der Waals surface area contributed by atoms with E-state index >= 15 is 0 Å². The Kier molecular flexibility index (Phi) is 9.09. The molecule has 0 radical (unpaired) electrons. The Hall–Kier alpha value is -1.44. The van der Waals surface area contributed by atoms with Crippen molar-refractivity contribution in [1.29, 1.82) is 0 Å². The minimum atomic E-state index is -2.46. The van der Waals surface area contributed by atoms with Gasteiger partial charge >= 0.3 is 8.80 Å². The topological polar surface area (TPSA) is 36.5 Å². The second kappa shape index (κ2) is 10.5. The van der Waals surface area contributed by atoms with E-state index in [1.807, 2.05) is 6.08 Å².